The summed E-state index contributed by atoms with van der Waals surface area (Å²) >= 11 is 0. The minimum absolute atomic E-state index is 0.396. The van der Waals surface area contributed by atoms with Gasteiger partial charge in [-0.15, -0.1) is 0 Å². The van der Waals surface area contributed by atoms with E-state index < -0.39 is 0 Å². The predicted molar refractivity (Wildman–Crippen MR) is 91.6 cm³/mol. The van der Waals surface area contributed by atoms with Gasteiger partial charge in [-0.2, -0.15) is 0 Å². The third-order valence-corrected chi connectivity index (χ3v) is 4.85. The Bertz CT molecular complexity index is 778. The van der Waals surface area contributed by atoms with E-state index in [0.717, 1.165) is 42.3 Å². The number of aromatic nitrogens is 3. The number of nitrogens with zero attached hydrogens (tertiary/aromatic N) is 2. The summed E-state index contributed by atoms with van der Waals surface area (Å²) in [5.74, 6) is 1.42. The highest BCUT2D eigenvalue weighted by Gasteiger charge is 2.29. The molecule has 118 valence electrons. The van der Waals surface area contributed by atoms with E-state index in [9.17, 15) is 0 Å². The van der Waals surface area contributed by atoms with E-state index in [1.807, 2.05) is 13.1 Å². The number of benzene rings is 1. The van der Waals surface area contributed by atoms with Gasteiger partial charge in [-0.05, 0) is 44.4 Å². The smallest absolute Gasteiger partial charge is 0.109 e. The monoisotopic (exact) mass is 306 g/mol. The number of rotatable bonds is 2. The summed E-state index contributed by atoms with van der Waals surface area (Å²) in [5.41, 5.74) is 5.90. The molecule has 1 fully saturated rings. The van der Waals surface area contributed by atoms with Crippen molar-refractivity contribution >= 4 is 0 Å². The van der Waals surface area contributed by atoms with Crippen molar-refractivity contribution in [2.24, 2.45) is 0 Å². The van der Waals surface area contributed by atoms with Crippen LogP contribution in [0.1, 0.15) is 47.4 Å². The number of piperidine rings is 1. The van der Waals surface area contributed by atoms with Crippen LogP contribution >= 0.6 is 0 Å². The van der Waals surface area contributed by atoms with Gasteiger partial charge in [-0.25, -0.2) is 4.98 Å². The lowest BCUT2D eigenvalue weighted by molar-refractivity contribution is 0.365. The molecule has 23 heavy (non-hydrogen) atoms. The molecule has 0 saturated carbocycles. The summed E-state index contributed by atoms with van der Waals surface area (Å²) < 4.78 is 0. The number of fused-ring (bicyclic) bond motifs is 1. The number of aryl methyl sites for hydroxylation is 2. The normalized spacial score (nSPS) is 21.7. The molecule has 1 saturated heterocycles. The second-order valence-electron chi connectivity index (χ2n) is 6.51. The number of H-pyrrole nitrogens is 1. The van der Waals surface area contributed by atoms with Crippen LogP contribution in [0.15, 0.2) is 36.5 Å². The van der Waals surface area contributed by atoms with Crippen LogP contribution < -0.4 is 5.32 Å². The van der Waals surface area contributed by atoms with Crippen LogP contribution in [0, 0.1) is 13.8 Å². The molecule has 2 unspecified atom stereocenters. The number of hydrogen-bond donors (Lipinski definition) is 2. The lowest BCUT2D eigenvalue weighted by Crippen LogP contribution is -2.31. The average molecular weight is 306 g/mol. The molecule has 4 rings (SSSR count). The Morgan fingerprint density at radius 2 is 1.96 bits per heavy atom. The Morgan fingerprint density at radius 1 is 1.13 bits per heavy atom. The predicted octanol–water partition coefficient (Wildman–Crippen LogP) is 3.73. The lowest BCUT2D eigenvalue weighted by Gasteiger charge is -2.31. The van der Waals surface area contributed by atoms with Gasteiger partial charge < -0.3 is 10.3 Å². The van der Waals surface area contributed by atoms with Crippen LogP contribution in [0.5, 0.6) is 0 Å². The molecule has 3 aliphatic heterocycles. The van der Waals surface area contributed by atoms with Crippen molar-refractivity contribution in [1.29, 1.82) is 0 Å². The summed E-state index contributed by atoms with van der Waals surface area (Å²) in [6.07, 6.45) is 4.13. The third kappa shape index (κ3) is 2.63. The van der Waals surface area contributed by atoms with Crippen molar-refractivity contribution in [3.05, 3.63) is 59.2 Å². The molecule has 3 aliphatic rings. The van der Waals surface area contributed by atoms with Crippen molar-refractivity contribution in [2.75, 3.05) is 6.54 Å². The van der Waals surface area contributed by atoms with Gasteiger partial charge in [0.15, 0.2) is 0 Å². The van der Waals surface area contributed by atoms with E-state index in [1.165, 1.54) is 11.1 Å². The SMILES string of the molecule is Cc1nc(C2CCNC(c3ccccc3)C2)c2ncc(C)c-2[nH]1. The quantitative estimate of drug-likeness (QED) is 0.758. The largest absolute Gasteiger partial charge is 0.342 e. The lowest BCUT2D eigenvalue weighted by atomic mass is 9.85. The Balaban J connectivity index is 1.68. The molecule has 1 aromatic carbocycles. The van der Waals surface area contributed by atoms with Crippen LogP contribution in [0.4, 0.5) is 0 Å². The van der Waals surface area contributed by atoms with E-state index in [-0.39, 0.29) is 0 Å². The van der Waals surface area contributed by atoms with Crippen molar-refractivity contribution < 1.29 is 0 Å². The number of nitrogens with one attached hydrogen (secondary N) is 2. The molecule has 4 nitrogen and oxygen atoms in total. The van der Waals surface area contributed by atoms with Crippen LogP contribution in [-0.2, 0) is 0 Å². The van der Waals surface area contributed by atoms with E-state index in [1.54, 1.807) is 0 Å². The molecule has 2 N–H and O–H groups in total. The second kappa shape index (κ2) is 5.78. The molecule has 0 radical (unpaired) electrons. The second-order valence-corrected chi connectivity index (χ2v) is 6.51. The van der Waals surface area contributed by atoms with Gasteiger partial charge in [0.25, 0.3) is 0 Å². The molecule has 1 aromatic rings. The van der Waals surface area contributed by atoms with E-state index in [4.69, 9.17) is 4.98 Å². The van der Waals surface area contributed by atoms with Crippen LogP contribution in [0.2, 0.25) is 0 Å². The molecule has 0 amide bonds. The van der Waals surface area contributed by atoms with Crippen molar-refractivity contribution in [3.8, 4) is 11.4 Å². The third-order valence-electron chi connectivity index (χ3n) is 4.85. The maximum Gasteiger partial charge on any atom is 0.109 e. The highest BCUT2D eigenvalue weighted by atomic mass is 15.0. The molecule has 3 heterocycles. The molecule has 0 aromatic heterocycles. The Labute approximate surface area is 136 Å². The number of hydrogen-bond acceptors (Lipinski definition) is 3. The van der Waals surface area contributed by atoms with Gasteiger partial charge in [0, 0.05) is 18.2 Å². The first-order valence-corrected chi connectivity index (χ1v) is 8.32. The molecular formula is C19H22N4. The number of aromatic amines is 1. The van der Waals surface area contributed by atoms with Crippen molar-refractivity contribution in [1.82, 2.24) is 20.3 Å². The highest BCUT2D eigenvalue weighted by Crippen LogP contribution is 2.38. The fourth-order valence-electron chi connectivity index (χ4n) is 3.66. The zero-order valence-electron chi connectivity index (χ0n) is 13.6. The zero-order valence-corrected chi connectivity index (χ0v) is 13.6. The van der Waals surface area contributed by atoms with E-state index in [2.05, 4.69) is 52.5 Å². The Morgan fingerprint density at radius 3 is 2.78 bits per heavy atom. The Hall–Kier alpha value is -2.20. The maximum atomic E-state index is 4.82. The van der Waals surface area contributed by atoms with E-state index >= 15 is 0 Å². The van der Waals surface area contributed by atoms with Gasteiger partial charge in [0.2, 0.25) is 0 Å². The summed E-state index contributed by atoms with van der Waals surface area (Å²) in [6.45, 7) is 5.15. The molecule has 0 bridgehead atoms. The first kappa shape index (κ1) is 14.4. The van der Waals surface area contributed by atoms with Gasteiger partial charge >= 0.3 is 0 Å². The van der Waals surface area contributed by atoms with E-state index in [0.29, 0.717) is 12.0 Å². The molecule has 0 spiro atoms. The average Bonchev–Trinajstić information content (AvgIpc) is 2.96. The standard InChI is InChI=1S/C19H22N4/c1-12-11-21-19-17(12)22-13(2)23-18(19)15-8-9-20-16(10-15)14-6-4-3-5-7-14/h3-7,11,15-16,20H,8-10H2,1-2H3,(H,22,23). The van der Waals surface area contributed by atoms with Crippen molar-refractivity contribution in [2.45, 2.75) is 38.6 Å². The molecule has 2 atom stereocenters. The summed E-state index contributed by atoms with van der Waals surface area (Å²) in [7, 11) is 0. The summed E-state index contributed by atoms with van der Waals surface area (Å²) in [4.78, 5) is 12.8. The fourth-order valence-corrected chi connectivity index (χ4v) is 3.66. The first-order valence-electron chi connectivity index (χ1n) is 8.32. The maximum absolute atomic E-state index is 4.82. The van der Waals surface area contributed by atoms with Crippen LogP contribution in [0.25, 0.3) is 11.4 Å². The summed E-state index contributed by atoms with van der Waals surface area (Å²) in [6, 6.07) is 11.1. The van der Waals surface area contributed by atoms with Gasteiger partial charge in [0.1, 0.15) is 11.5 Å². The molecular weight excluding hydrogens is 284 g/mol. The van der Waals surface area contributed by atoms with Gasteiger partial charge in [-0.1, -0.05) is 30.3 Å². The topological polar surface area (TPSA) is 53.6 Å². The van der Waals surface area contributed by atoms with Gasteiger partial charge in [0.05, 0.1) is 11.4 Å². The molecule has 0 aliphatic carbocycles. The minimum atomic E-state index is 0.396. The zero-order chi connectivity index (χ0) is 15.8. The van der Waals surface area contributed by atoms with Crippen LogP contribution in [-0.4, -0.2) is 21.5 Å². The Kier molecular flexibility index (Phi) is 3.62. The highest BCUT2D eigenvalue weighted by molar-refractivity contribution is 5.64. The fraction of sp³-hybridized carbons (Fsp3) is 0.368. The first-order chi connectivity index (χ1) is 11.2. The van der Waals surface area contributed by atoms with Gasteiger partial charge in [-0.3, -0.25) is 4.98 Å². The summed E-state index contributed by atoms with van der Waals surface area (Å²) in [5, 5.41) is 3.65. The van der Waals surface area contributed by atoms with Crippen molar-refractivity contribution in [3.63, 3.8) is 0 Å². The van der Waals surface area contributed by atoms with Crippen LogP contribution in [0.3, 0.4) is 0 Å². The molecule has 4 heteroatoms. The minimum Gasteiger partial charge on any atom is -0.342 e.